The number of carbonyl (C=O) groups is 2. The van der Waals surface area contributed by atoms with Crippen LogP contribution in [-0.2, 0) is 34.3 Å². The van der Waals surface area contributed by atoms with E-state index in [0.29, 0.717) is 61.0 Å². The summed E-state index contributed by atoms with van der Waals surface area (Å²) in [5.74, 6) is -0.364. The number of aryl methyl sites for hydroxylation is 4. The molecule has 2 amide bonds. The molecule has 1 N–H and O–H groups in total. The van der Waals surface area contributed by atoms with Crippen LogP contribution in [0.5, 0.6) is 11.5 Å². The van der Waals surface area contributed by atoms with Crippen LogP contribution in [0.1, 0.15) is 46.0 Å². The van der Waals surface area contributed by atoms with Crippen molar-refractivity contribution in [2.45, 2.75) is 51.6 Å². The molecule has 5 aromatic rings. The van der Waals surface area contributed by atoms with Crippen LogP contribution in [0.15, 0.2) is 82.6 Å². The summed E-state index contributed by atoms with van der Waals surface area (Å²) in [7, 11) is -3.85. The topological polar surface area (TPSA) is 130 Å². The highest BCUT2D eigenvalue weighted by Gasteiger charge is 2.32. The molecular formula is C42H42FN5O7S. The number of rotatable bonds is 8. The maximum Gasteiger partial charge on any atom is 0.264 e. The summed E-state index contributed by atoms with van der Waals surface area (Å²) < 4.78 is 57.5. The number of pyridine rings is 1. The number of hydrogen-bond acceptors (Lipinski definition) is 8. The lowest BCUT2D eigenvalue weighted by molar-refractivity contribution is -0.116. The first-order valence-corrected chi connectivity index (χ1v) is 20.2. The van der Waals surface area contributed by atoms with Crippen molar-refractivity contribution in [3.63, 3.8) is 0 Å². The maximum absolute atomic E-state index is 16.1. The van der Waals surface area contributed by atoms with E-state index in [1.807, 2.05) is 45.0 Å². The molecule has 14 heteroatoms. The molecule has 0 radical (unpaired) electrons. The van der Waals surface area contributed by atoms with E-state index in [0.717, 1.165) is 22.3 Å². The largest absolute Gasteiger partial charge is 0.486 e. The van der Waals surface area contributed by atoms with Crippen LogP contribution in [0.2, 0.25) is 0 Å². The number of nitrogens with one attached hydrogen (secondary N) is 1. The Kier molecular flexibility index (Phi) is 9.79. The van der Waals surface area contributed by atoms with Gasteiger partial charge in [0.1, 0.15) is 24.6 Å². The van der Waals surface area contributed by atoms with Gasteiger partial charge in [-0.15, -0.1) is 0 Å². The molecule has 290 valence electrons. The molecule has 1 aromatic heterocycles. The van der Waals surface area contributed by atoms with Gasteiger partial charge in [0.2, 0.25) is 21.4 Å². The first-order chi connectivity index (χ1) is 26.9. The fourth-order valence-corrected chi connectivity index (χ4v) is 9.10. The number of nitrogens with zero attached hydrogens (tertiary/aromatic N) is 4. The van der Waals surface area contributed by atoms with Gasteiger partial charge in [0, 0.05) is 68.2 Å². The molecule has 1 saturated heterocycles. The summed E-state index contributed by atoms with van der Waals surface area (Å²) >= 11 is 0. The maximum atomic E-state index is 16.1. The summed E-state index contributed by atoms with van der Waals surface area (Å²) in [5.41, 5.74) is 5.10. The number of carbonyl (C=O) groups excluding carboxylic acids is 2. The van der Waals surface area contributed by atoms with E-state index in [1.54, 1.807) is 44.8 Å². The zero-order valence-corrected chi connectivity index (χ0v) is 32.2. The summed E-state index contributed by atoms with van der Waals surface area (Å²) in [5, 5.41) is 2.95. The third kappa shape index (κ3) is 6.87. The molecule has 0 spiro atoms. The van der Waals surface area contributed by atoms with Crippen molar-refractivity contribution in [2.24, 2.45) is 0 Å². The Morgan fingerprint density at radius 1 is 0.893 bits per heavy atom. The molecule has 3 aliphatic rings. The van der Waals surface area contributed by atoms with Gasteiger partial charge < -0.3 is 29.2 Å². The number of aromatic nitrogens is 1. The minimum Gasteiger partial charge on any atom is -0.486 e. The molecule has 0 unspecified atom stereocenters. The van der Waals surface area contributed by atoms with Gasteiger partial charge >= 0.3 is 0 Å². The Morgan fingerprint density at radius 2 is 1.66 bits per heavy atom. The van der Waals surface area contributed by atoms with Crippen LogP contribution in [0.25, 0.3) is 10.9 Å². The SMILES string of the molecule is CCn1cc(C(=O)N(Cc2cc(C)ccc2C)c2ccc3c(c2)CCC(=O)N3)c(=O)c2cc(F)c(N3CCN(S(=O)(=O)c4ccc5c(c4)OCCO5)CC3)cc21. The fraction of sp³-hybridized carbons (Fsp3) is 0.310. The number of amides is 2. The van der Waals surface area contributed by atoms with E-state index in [9.17, 15) is 22.8 Å². The second-order valence-electron chi connectivity index (χ2n) is 14.4. The molecule has 4 aromatic carbocycles. The van der Waals surface area contributed by atoms with Crippen molar-refractivity contribution >= 4 is 49.8 Å². The highest BCUT2D eigenvalue weighted by molar-refractivity contribution is 7.89. The lowest BCUT2D eigenvalue weighted by Gasteiger charge is -2.35. The average molecular weight is 780 g/mol. The number of fused-ring (bicyclic) bond motifs is 3. The third-order valence-electron chi connectivity index (χ3n) is 10.8. The standard InChI is InChI=1S/C42H42FN5O7S/c1-4-45-25-33(42(51)48(24-29-19-26(2)5-6-27(29)3)30-8-10-35-28(20-30)7-12-40(49)44-35)41(50)32-22-34(43)37(23-36(32)45)46-13-15-47(16-14-46)56(52,53)31-9-11-38-39(21-31)55-18-17-54-38/h5-6,8-11,19-23,25H,4,7,12-18,24H2,1-3H3,(H,44,49). The smallest absolute Gasteiger partial charge is 0.264 e. The number of anilines is 3. The molecule has 0 bridgehead atoms. The van der Waals surface area contributed by atoms with Crippen LogP contribution in [0, 0.1) is 19.7 Å². The van der Waals surface area contributed by atoms with Gasteiger partial charge in [0.25, 0.3) is 5.91 Å². The number of halogens is 1. The van der Waals surface area contributed by atoms with Gasteiger partial charge in [-0.3, -0.25) is 14.4 Å². The lowest BCUT2D eigenvalue weighted by Crippen LogP contribution is -2.49. The normalized spacial score (nSPS) is 15.7. The van der Waals surface area contributed by atoms with E-state index in [-0.39, 0.29) is 60.2 Å². The van der Waals surface area contributed by atoms with Crippen molar-refractivity contribution in [1.82, 2.24) is 8.87 Å². The van der Waals surface area contributed by atoms with Crippen LogP contribution >= 0.6 is 0 Å². The number of hydrogen-bond donors (Lipinski definition) is 1. The quantitative estimate of drug-likeness (QED) is 0.210. The number of ether oxygens (including phenoxy) is 2. The summed E-state index contributed by atoms with van der Waals surface area (Å²) in [4.78, 5) is 44.4. The van der Waals surface area contributed by atoms with Crippen molar-refractivity contribution in [1.29, 1.82) is 0 Å². The van der Waals surface area contributed by atoms with Crippen molar-refractivity contribution in [2.75, 3.05) is 54.5 Å². The molecule has 56 heavy (non-hydrogen) atoms. The molecule has 12 nitrogen and oxygen atoms in total. The number of sulfonamides is 1. The first kappa shape index (κ1) is 37.2. The molecule has 8 rings (SSSR count). The average Bonchev–Trinajstić information content (AvgIpc) is 3.20. The zero-order valence-electron chi connectivity index (χ0n) is 31.4. The van der Waals surface area contributed by atoms with E-state index in [2.05, 4.69) is 5.32 Å². The van der Waals surface area contributed by atoms with Gasteiger partial charge in [-0.25, -0.2) is 12.8 Å². The molecule has 1 fully saturated rings. The summed E-state index contributed by atoms with van der Waals surface area (Å²) in [6, 6.07) is 18.8. The highest BCUT2D eigenvalue weighted by Crippen LogP contribution is 2.35. The van der Waals surface area contributed by atoms with E-state index >= 15 is 4.39 Å². The first-order valence-electron chi connectivity index (χ1n) is 18.7. The van der Waals surface area contributed by atoms with Crippen molar-refractivity contribution in [3.8, 4) is 11.5 Å². The molecule has 0 aliphatic carbocycles. The van der Waals surface area contributed by atoms with Crippen LogP contribution < -0.4 is 30.0 Å². The molecule has 0 saturated carbocycles. The molecule has 4 heterocycles. The summed E-state index contributed by atoms with van der Waals surface area (Å²) in [6.07, 6.45) is 2.39. The predicted molar refractivity (Wildman–Crippen MR) is 212 cm³/mol. The van der Waals surface area contributed by atoms with Crippen LogP contribution in [-0.4, -0.2) is 68.5 Å². The zero-order chi connectivity index (χ0) is 39.3. The Hall–Kier alpha value is -5.73. The number of piperazine rings is 1. The van der Waals surface area contributed by atoms with Gasteiger partial charge in [-0.1, -0.05) is 23.8 Å². The van der Waals surface area contributed by atoms with Gasteiger partial charge in [0.15, 0.2) is 11.5 Å². The van der Waals surface area contributed by atoms with E-state index in [1.165, 1.54) is 22.5 Å². The van der Waals surface area contributed by atoms with Crippen LogP contribution in [0.3, 0.4) is 0 Å². The van der Waals surface area contributed by atoms with Gasteiger partial charge in [0.05, 0.1) is 22.6 Å². The van der Waals surface area contributed by atoms with Gasteiger partial charge in [-0.2, -0.15) is 4.31 Å². The second-order valence-corrected chi connectivity index (χ2v) is 16.3. The van der Waals surface area contributed by atoms with Crippen LogP contribution in [0.4, 0.5) is 21.5 Å². The second kappa shape index (κ2) is 14.7. The monoisotopic (exact) mass is 779 g/mol. The lowest BCUT2D eigenvalue weighted by atomic mass is 10.0. The molecule has 0 atom stereocenters. The molecule has 3 aliphatic heterocycles. The third-order valence-corrected chi connectivity index (χ3v) is 12.7. The Bertz CT molecular complexity index is 2580. The Labute approximate surface area is 324 Å². The highest BCUT2D eigenvalue weighted by atomic mass is 32.2. The Balaban J connectivity index is 1.10. The van der Waals surface area contributed by atoms with Crippen molar-refractivity contribution < 1.29 is 31.9 Å². The van der Waals surface area contributed by atoms with Crippen molar-refractivity contribution in [3.05, 3.63) is 117 Å². The summed E-state index contributed by atoms with van der Waals surface area (Å²) in [6.45, 7) is 7.81. The van der Waals surface area contributed by atoms with E-state index < -0.39 is 27.2 Å². The number of benzene rings is 4. The Morgan fingerprint density at radius 3 is 2.43 bits per heavy atom. The fourth-order valence-electron chi connectivity index (χ4n) is 7.66. The minimum absolute atomic E-state index is 0.0663. The van der Waals surface area contributed by atoms with Gasteiger partial charge in [-0.05, 0) is 86.3 Å². The molecular weight excluding hydrogens is 738 g/mol. The predicted octanol–water partition coefficient (Wildman–Crippen LogP) is 5.79. The van der Waals surface area contributed by atoms with E-state index in [4.69, 9.17) is 9.47 Å². The minimum atomic E-state index is -3.85.